The molecule has 2 aliphatic rings. The lowest BCUT2D eigenvalue weighted by Gasteiger charge is -2.30. The number of hydrogen-bond donors (Lipinski definition) is 0. The minimum absolute atomic E-state index is 0.0281. The third-order valence-electron chi connectivity index (χ3n) is 5.30. The Labute approximate surface area is 140 Å². The second kappa shape index (κ2) is 6.83. The summed E-state index contributed by atoms with van der Waals surface area (Å²) in [7, 11) is -1.21. The number of rotatable bonds is 6. The molecule has 1 saturated carbocycles. The molecule has 6 heteroatoms. The van der Waals surface area contributed by atoms with Crippen LogP contribution in [0, 0.1) is 11.3 Å². The fourth-order valence-electron chi connectivity index (χ4n) is 3.91. The lowest BCUT2D eigenvalue weighted by Crippen LogP contribution is -2.41. The van der Waals surface area contributed by atoms with Gasteiger partial charge in [-0.05, 0) is 32.2 Å². The van der Waals surface area contributed by atoms with Crippen LogP contribution in [0.1, 0.15) is 33.1 Å². The van der Waals surface area contributed by atoms with E-state index in [4.69, 9.17) is 9.47 Å². The molecule has 1 saturated heterocycles. The number of piperidine rings is 1. The Hall–Kier alpha value is -1.04. The first-order valence-electron chi connectivity index (χ1n) is 8.87. The molecular formula is C17H31NO4Si. The summed E-state index contributed by atoms with van der Waals surface area (Å²) >= 11 is 0. The van der Waals surface area contributed by atoms with Gasteiger partial charge >= 0.3 is 12.1 Å². The van der Waals surface area contributed by atoms with E-state index in [2.05, 4.69) is 26.6 Å². The van der Waals surface area contributed by atoms with Crippen LogP contribution in [0.5, 0.6) is 0 Å². The van der Waals surface area contributed by atoms with Gasteiger partial charge in [0.25, 0.3) is 0 Å². The molecule has 3 atom stereocenters. The highest BCUT2D eigenvalue weighted by molar-refractivity contribution is 6.76. The van der Waals surface area contributed by atoms with Gasteiger partial charge in [0.1, 0.15) is 0 Å². The first kappa shape index (κ1) is 18.3. The Balaban J connectivity index is 2.00. The van der Waals surface area contributed by atoms with Crippen LogP contribution in [-0.2, 0) is 14.3 Å². The summed E-state index contributed by atoms with van der Waals surface area (Å²) in [6.45, 7) is 12.3. The number of amides is 1. The third-order valence-corrected chi connectivity index (χ3v) is 7.01. The van der Waals surface area contributed by atoms with Crippen molar-refractivity contribution in [3.8, 4) is 0 Å². The number of nitrogens with zero attached hydrogens (tertiary/aromatic N) is 1. The number of carbonyl (C=O) groups is 2. The van der Waals surface area contributed by atoms with Crippen molar-refractivity contribution < 1.29 is 19.1 Å². The number of hydrogen-bond acceptors (Lipinski definition) is 4. The predicted octanol–water partition coefficient (Wildman–Crippen LogP) is 3.51. The fourth-order valence-corrected chi connectivity index (χ4v) is 4.63. The molecule has 132 valence electrons. The molecule has 0 aromatic rings. The molecule has 1 aliphatic heterocycles. The largest absolute Gasteiger partial charge is 0.466 e. The molecule has 0 unspecified atom stereocenters. The summed E-state index contributed by atoms with van der Waals surface area (Å²) < 4.78 is 10.7. The highest BCUT2D eigenvalue weighted by Crippen LogP contribution is 2.63. The van der Waals surface area contributed by atoms with Crippen molar-refractivity contribution in [3.05, 3.63) is 0 Å². The van der Waals surface area contributed by atoms with E-state index < -0.39 is 8.07 Å². The zero-order chi connectivity index (χ0) is 17.3. The molecule has 0 spiro atoms. The first-order valence-corrected chi connectivity index (χ1v) is 12.6. The normalized spacial score (nSPS) is 29.7. The standard InChI is InChI=1S/C17H31NO4Si/c1-6-17-9-8-10-18(14(17)13(17)15(19)21-7-2)16(20)22-11-12-23(3,4)5/h13-14H,6-12H2,1-5H3/t13-,14+,17-/m1/s1. The van der Waals surface area contributed by atoms with Crippen molar-refractivity contribution in [1.82, 2.24) is 4.90 Å². The number of esters is 1. The van der Waals surface area contributed by atoms with Gasteiger partial charge < -0.3 is 14.4 Å². The zero-order valence-electron chi connectivity index (χ0n) is 15.2. The maximum absolute atomic E-state index is 12.5. The summed E-state index contributed by atoms with van der Waals surface area (Å²) in [5.41, 5.74) is -0.0811. The maximum atomic E-state index is 12.5. The van der Waals surface area contributed by atoms with Gasteiger partial charge in [-0.2, -0.15) is 0 Å². The minimum Gasteiger partial charge on any atom is -0.466 e. The van der Waals surface area contributed by atoms with Gasteiger partial charge in [-0.15, -0.1) is 0 Å². The van der Waals surface area contributed by atoms with E-state index in [1.165, 1.54) is 0 Å². The van der Waals surface area contributed by atoms with E-state index in [1.54, 1.807) is 4.90 Å². The molecule has 1 heterocycles. The van der Waals surface area contributed by atoms with Gasteiger partial charge in [-0.25, -0.2) is 4.79 Å². The SMILES string of the molecule is CCOC(=O)[C@H]1[C@@H]2N(C(=O)OCC[Si](C)(C)C)CCC[C@@]21CC. The summed E-state index contributed by atoms with van der Waals surface area (Å²) in [4.78, 5) is 26.5. The predicted molar refractivity (Wildman–Crippen MR) is 92.1 cm³/mol. The fraction of sp³-hybridized carbons (Fsp3) is 0.882. The van der Waals surface area contributed by atoms with Crippen LogP contribution in [0.3, 0.4) is 0 Å². The highest BCUT2D eigenvalue weighted by Gasteiger charge is 2.71. The van der Waals surface area contributed by atoms with Crippen molar-refractivity contribution in [1.29, 1.82) is 0 Å². The van der Waals surface area contributed by atoms with Crippen LogP contribution in [-0.4, -0.2) is 50.8 Å². The number of likely N-dealkylation sites (tertiary alicyclic amines) is 1. The lowest BCUT2D eigenvalue weighted by molar-refractivity contribution is -0.145. The first-order chi connectivity index (χ1) is 10.8. The van der Waals surface area contributed by atoms with Crippen LogP contribution < -0.4 is 0 Å². The summed E-state index contributed by atoms with van der Waals surface area (Å²) in [5, 5.41) is 0. The second-order valence-electron chi connectivity index (χ2n) is 7.98. The van der Waals surface area contributed by atoms with Crippen LogP contribution >= 0.6 is 0 Å². The lowest BCUT2D eigenvalue weighted by atomic mass is 9.91. The van der Waals surface area contributed by atoms with Gasteiger partial charge in [-0.1, -0.05) is 26.6 Å². The molecule has 0 aromatic carbocycles. The van der Waals surface area contributed by atoms with Crippen LogP contribution in [0.15, 0.2) is 0 Å². The van der Waals surface area contributed by atoms with E-state index in [0.29, 0.717) is 19.8 Å². The molecule has 23 heavy (non-hydrogen) atoms. The van der Waals surface area contributed by atoms with E-state index >= 15 is 0 Å². The summed E-state index contributed by atoms with van der Waals surface area (Å²) in [6.07, 6.45) is 2.58. The number of ether oxygens (including phenoxy) is 2. The van der Waals surface area contributed by atoms with Crippen LogP contribution in [0.4, 0.5) is 4.79 Å². The van der Waals surface area contributed by atoms with Crippen LogP contribution in [0.25, 0.3) is 0 Å². The average molecular weight is 342 g/mol. The molecule has 0 aromatic heterocycles. The average Bonchev–Trinajstić information content (AvgIpc) is 3.15. The van der Waals surface area contributed by atoms with E-state index in [-0.39, 0.29) is 29.4 Å². The Bertz CT molecular complexity index is 462. The highest BCUT2D eigenvalue weighted by atomic mass is 28.3. The van der Waals surface area contributed by atoms with Gasteiger partial charge in [0, 0.05) is 20.0 Å². The molecule has 2 rings (SSSR count). The quantitative estimate of drug-likeness (QED) is 0.548. The number of carbonyl (C=O) groups excluding carboxylic acids is 2. The second-order valence-corrected chi connectivity index (χ2v) is 13.6. The Kier molecular flexibility index (Phi) is 5.43. The Morgan fingerprint density at radius 2 is 1.91 bits per heavy atom. The molecule has 0 radical (unpaired) electrons. The van der Waals surface area contributed by atoms with Crippen molar-refractivity contribution >= 4 is 20.1 Å². The van der Waals surface area contributed by atoms with E-state index in [9.17, 15) is 9.59 Å². The molecule has 1 aliphatic carbocycles. The van der Waals surface area contributed by atoms with E-state index in [1.807, 2.05) is 6.92 Å². The number of fused-ring (bicyclic) bond motifs is 1. The molecule has 5 nitrogen and oxygen atoms in total. The summed E-state index contributed by atoms with van der Waals surface area (Å²) in [6, 6.07) is 0.942. The van der Waals surface area contributed by atoms with Crippen molar-refractivity contribution in [3.63, 3.8) is 0 Å². The zero-order valence-corrected chi connectivity index (χ0v) is 16.2. The van der Waals surface area contributed by atoms with Gasteiger partial charge in [0.2, 0.25) is 0 Å². The van der Waals surface area contributed by atoms with Crippen molar-refractivity contribution in [2.45, 2.75) is 64.8 Å². The maximum Gasteiger partial charge on any atom is 0.410 e. The molecule has 0 bridgehead atoms. The molecule has 1 amide bonds. The minimum atomic E-state index is -1.21. The van der Waals surface area contributed by atoms with E-state index in [0.717, 1.165) is 25.3 Å². The monoisotopic (exact) mass is 341 g/mol. The summed E-state index contributed by atoms with van der Waals surface area (Å²) in [5.74, 6) is -0.319. The third kappa shape index (κ3) is 3.73. The topological polar surface area (TPSA) is 55.8 Å². The molecule has 0 N–H and O–H groups in total. The van der Waals surface area contributed by atoms with Crippen molar-refractivity contribution in [2.75, 3.05) is 19.8 Å². The van der Waals surface area contributed by atoms with Gasteiger partial charge in [0.15, 0.2) is 0 Å². The Morgan fingerprint density at radius 1 is 1.22 bits per heavy atom. The van der Waals surface area contributed by atoms with Gasteiger partial charge in [-0.3, -0.25) is 4.79 Å². The van der Waals surface area contributed by atoms with Gasteiger partial charge in [0.05, 0.1) is 25.2 Å². The smallest absolute Gasteiger partial charge is 0.410 e. The molecule has 2 fully saturated rings. The molecular weight excluding hydrogens is 310 g/mol. The van der Waals surface area contributed by atoms with Crippen LogP contribution in [0.2, 0.25) is 25.7 Å². The Morgan fingerprint density at radius 3 is 2.48 bits per heavy atom. The van der Waals surface area contributed by atoms with Crippen molar-refractivity contribution in [2.24, 2.45) is 11.3 Å².